The Hall–Kier alpha value is -2.51. The molecule has 2 N–H and O–H groups in total. The summed E-state index contributed by atoms with van der Waals surface area (Å²) in [6, 6.07) is 11.5. The average Bonchev–Trinajstić information content (AvgIpc) is 2.86. The maximum Gasteiger partial charge on any atom is 0.270 e. The van der Waals surface area contributed by atoms with Gasteiger partial charge in [0.05, 0.1) is 17.2 Å². The number of thioether (sulfide) groups is 1. The van der Waals surface area contributed by atoms with Crippen LogP contribution >= 0.6 is 24.0 Å². The molecule has 0 atom stereocenters. The van der Waals surface area contributed by atoms with E-state index in [0.717, 1.165) is 5.75 Å². The number of aromatic hydroxyl groups is 2. The molecule has 1 aliphatic heterocycles. The summed E-state index contributed by atoms with van der Waals surface area (Å²) in [7, 11) is 0. The number of phenols is 2. The second kappa shape index (κ2) is 7.16. The van der Waals surface area contributed by atoms with Crippen LogP contribution in [0.15, 0.2) is 47.4 Å². The lowest BCUT2D eigenvalue weighted by atomic mass is 10.2. The fourth-order valence-electron chi connectivity index (χ4n) is 2.33. The zero-order chi connectivity index (χ0) is 18.0. The van der Waals surface area contributed by atoms with Crippen molar-refractivity contribution in [1.82, 2.24) is 0 Å². The Bertz CT molecular complexity index is 862. The van der Waals surface area contributed by atoms with Gasteiger partial charge in [0.25, 0.3) is 5.91 Å². The van der Waals surface area contributed by atoms with Crippen LogP contribution in [0.25, 0.3) is 6.08 Å². The van der Waals surface area contributed by atoms with E-state index in [1.807, 2.05) is 6.92 Å². The van der Waals surface area contributed by atoms with Gasteiger partial charge in [-0.05, 0) is 55.0 Å². The first kappa shape index (κ1) is 17.3. The summed E-state index contributed by atoms with van der Waals surface area (Å²) < 4.78 is 5.83. The largest absolute Gasteiger partial charge is 0.504 e. The van der Waals surface area contributed by atoms with Crippen LogP contribution < -0.4 is 9.64 Å². The molecule has 5 nitrogen and oxygen atoms in total. The number of ether oxygens (including phenoxy) is 1. The molecule has 0 spiro atoms. The highest BCUT2D eigenvalue weighted by atomic mass is 32.2. The molecule has 0 unspecified atom stereocenters. The molecule has 0 bridgehead atoms. The van der Waals surface area contributed by atoms with Gasteiger partial charge in [0.15, 0.2) is 15.8 Å². The number of anilines is 1. The summed E-state index contributed by atoms with van der Waals surface area (Å²) in [6.07, 6.45) is 1.63. The van der Waals surface area contributed by atoms with Gasteiger partial charge in [-0.1, -0.05) is 30.0 Å². The van der Waals surface area contributed by atoms with Crippen LogP contribution in [0.2, 0.25) is 0 Å². The number of rotatable bonds is 4. The van der Waals surface area contributed by atoms with Crippen LogP contribution in [0.1, 0.15) is 12.5 Å². The molecule has 1 saturated heterocycles. The molecule has 128 valence electrons. The van der Waals surface area contributed by atoms with Crippen LogP contribution in [-0.2, 0) is 4.79 Å². The maximum atomic E-state index is 12.7. The van der Waals surface area contributed by atoms with E-state index >= 15 is 0 Å². The van der Waals surface area contributed by atoms with Crippen molar-refractivity contribution < 1.29 is 19.7 Å². The normalized spacial score (nSPS) is 15.9. The summed E-state index contributed by atoms with van der Waals surface area (Å²) >= 11 is 6.52. The van der Waals surface area contributed by atoms with Crippen LogP contribution in [0.3, 0.4) is 0 Å². The van der Waals surface area contributed by atoms with Crippen molar-refractivity contribution in [2.24, 2.45) is 0 Å². The molecule has 0 aliphatic carbocycles. The molecule has 1 heterocycles. The number of nitrogens with zero attached hydrogens (tertiary/aromatic N) is 1. The van der Waals surface area contributed by atoms with E-state index in [1.165, 1.54) is 28.8 Å². The topological polar surface area (TPSA) is 70.0 Å². The Kier molecular flexibility index (Phi) is 4.96. The van der Waals surface area contributed by atoms with Gasteiger partial charge in [0.1, 0.15) is 5.75 Å². The first-order valence-corrected chi connectivity index (χ1v) is 8.75. The lowest BCUT2D eigenvalue weighted by Crippen LogP contribution is -2.27. The van der Waals surface area contributed by atoms with Gasteiger partial charge >= 0.3 is 0 Å². The van der Waals surface area contributed by atoms with E-state index < -0.39 is 0 Å². The minimum absolute atomic E-state index is 0.209. The number of amides is 1. The predicted molar refractivity (Wildman–Crippen MR) is 103 cm³/mol. The van der Waals surface area contributed by atoms with Crippen LogP contribution in [-0.4, -0.2) is 27.0 Å². The number of thiocarbonyl (C=S) groups is 1. The van der Waals surface area contributed by atoms with Crippen LogP contribution in [0.4, 0.5) is 5.69 Å². The lowest BCUT2D eigenvalue weighted by molar-refractivity contribution is -0.113. The molecule has 1 amide bonds. The second-order valence-corrected chi connectivity index (χ2v) is 6.87. The summed E-state index contributed by atoms with van der Waals surface area (Å²) in [6.45, 7) is 2.48. The van der Waals surface area contributed by atoms with E-state index in [0.29, 0.717) is 27.1 Å². The Labute approximate surface area is 154 Å². The van der Waals surface area contributed by atoms with Gasteiger partial charge in [-0.25, -0.2) is 0 Å². The average molecular weight is 373 g/mol. The zero-order valence-electron chi connectivity index (χ0n) is 13.3. The standard InChI is InChI=1S/C18H15NO4S2/c1-2-23-13-6-4-12(5-7-13)19-17(22)16(25-18(19)24)10-11-3-8-14(20)15(21)9-11/h3-10,20-21H,2H2,1H3. The summed E-state index contributed by atoms with van der Waals surface area (Å²) in [5.41, 5.74) is 1.27. The highest BCUT2D eigenvalue weighted by Gasteiger charge is 2.33. The van der Waals surface area contributed by atoms with E-state index in [1.54, 1.807) is 36.4 Å². The maximum absolute atomic E-state index is 12.7. The minimum Gasteiger partial charge on any atom is -0.504 e. The third-order valence-corrected chi connectivity index (χ3v) is 4.80. The van der Waals surface area contributed by atoms with E-state index in [2.05, 4.69) is 0 Å². The van der Waals surface area contributed by atoms with E-state index in [-0.39, 0.29) is 17.4 Å². The molecule has 3 rings (SSSR count). The van der Waals surface area contributed by atoms with Gasteiger partial charge in [-0.3, -0.25) is 9.69 Å². The molecular weight excluding hydrogens is 358 g/mol. The number of benzene rings is 2. The molecule has 1 aliphatic rings. The first-order valence-electron chi connectivity index (χ1n) is 7.52. The van der Waals surface area contributed by atoms with Crippen molar-refractivity contribution in [1.29, 1.82) is 0 Å². The first-order chi connectivity index (χ1) is 12.0. The van der Waals surface area contributed by atoms with Crippen molar-refractivity contribution in [3.8, 4) is 17.2 Å². The van der Waals surface area contributed by atoms with Crippen molar-refractivity contribution >= 4 is 46.0 Å². The van der Waals surface area contributed by atoms with Crippen molar-refractivity contribution in [3.63, 3.8) is 0 Å². The SMILES string of the molecule is CCOc1ccc(N2C(=O)C(=Cc3ccc(O)c(O)c3)SC2=S)cc1. The fraction of sp³-hybridized carbons (Fsp3) is 0.111. The molecule has 0 saturated carbocycles. The highest BCUT2D eigenvalue weighted by Crippen LogP contribution is 2.37. The highest BCUT2D eigenvalue weighted by molar-refractivity contribution is 8.27. The molecule has 2 aromatic rings. The molecule has 0 aromatic heterocycles. The molecule has 2 aromatic carbocycles. The Morgan fingerprint density at radius 1 is 1.16 bits per heavy atom. The molecule has 1 fully saturated rings. The monoisotopic (exact) mass is 373 g/mol. The Morgan fingerprint density at radius 2 is 1.88 bits per heavy atom. The summed E-state index contributed by atoms with van der Waals surface area (Å²) in [5, 5.41) is 18.9. The molecule has 25 heavy (non-hydrogen) atoms. The van der Waals surface area contributed by atoms with Gasteiger partial charge in [-0.15, -0.1) is 0 Å². The zero-order valence-corrected chi connectivity index (χ0v) is 14.9. The second-order valence-electron chi connectivity index (χ2n) is 5.19. The number of hydrogen-bond donors (Lipinski definition) is 2. The molecular formula is C18H15NO4S2. The quantitative estimate of drug-likeness (QED) is 0.481. The number of carbonyl (C=O) groups is 1. The third-order valence-electron chi connectivity index (χ3n) is 3.50. The smallest absolute Gasteiger partial charge is 0.270 e. The van der Waals surface area contributed by atoms with Crippen molar-refractivity contribution in [3.05, 3.63) is 52.9 Å². The molecule has 0 radical (unpaired) electrons. The van der Waals surface area contributed by atoms with Crippen molar-refractivity contribution in [2.75, 3.05) is 11.5 Å². The van der Waals surface area contributed by atoms with Gasteiger partial charge < -0.3 is 14.9 Å². The summed E-state index contributed by atoms with van der Waals surface area (Å²) in [5.74, 6) is 0.0494. The summed E-state index contributed by atoms with van der Waals surface area (Å²) in [4.78, 5) is 14.6. The number of carbonyl (C=O) groups excluding carboxylic acids is 1. The van der Waals surface area contributed by atoms with E-state index in [4.69, 9.17) is 17.0 Å². The van der Waals surface area contributed by atoms with E-state index in [9.17, 15) is 15.0 Å². The van der Waals surface area contributed by atoms with Gasteiger partial charge in [-0.2, -0.15) is 0 Å². The van der Waals surface area contributed by atoms with Gasteiger partial charge in [0, 0.05) is 0 Å². The lowest BCUT2D eigenvalue weighted by Gasteiger charge is -2.15. The minimum atomic E-state index is -0.240. The fourth-order valence-corrected chi connectivity index (χ4v) is 3.63. The predicted octanol–water partition coefficient (Wildman–Crippen LogP) is 3.90. The number of phenolic OH excluding ortho intramolecular Hbond substituents is 2. The third kappa shape index (κ3) is 3.62. The van der Waals surface area contributed by atoms with Gasteiger partial charge in [0.2, 0.25) is 0 Å². The van der Waals surface area contributed by atoms with Crippen LogP contribution in [0.5, 0.6) is 17.2 Å². The van der Waals surface area contributed by atoms with Crippen molar-refractivity contribution in [2.45, 2.75) is 6.92 Å². The number of hydrogen-bond acceptors (Lipinski definition) is 6. The molecule has 7 heteroatoms. The van der Waals surface area contributed by atoms with Crippen LogP contribution in [0, 0.1) is 0 Å². The Morgan fingerprint density at radius 3 is 2.52 bits per heavy atom. The Balaban J connectivity index is 1.86.